The molecule has 18 heavy (non-hydrogen) atoms. The molecule has 1 rings (SSSR count). The van der Waals surface area contributed by atoms with Gasteiger partial charge in [-0.3, -0.25) is 4.79 Å². The second-order valence-electron chi connectivity index (χ2n) is 5.46. The van der Waals surface area contributed by atoms with Gasteiger partial charge in [-0.2, -0.15) is 0 Å². The number of nitrogens with two attached hydrogens (primary N) is 1. The van der Waals surface area contributed by atoms with Gasteiger partial charge in [0.25, 0.3) is 0 Å². The lowest BCUT2D eigenvalue weighted by Gasteiger charge is -2.36. The molecule has 0 bridgehead atoms. The first kappa shape index (κ1) is 15.4. The Balaban J connectivity index is 2.67. The van der Waals surface area contributed by atoms with E-state index < -0.39 is 6.04 Å². The summed E-state index contributed by atoms with van der Waals surface area (Å²) in [6.45, 7) is 4.51. The highest BCUT2D eigenvalue weighted by atomic mass is 16.3. The molecule has 4 nitrogen and oxygen atoms in total. The van der Waals surface area contributed by atoms with Gasteiger partial charge in [0.1, 0.15) is 0 Å². The minimum absolute atomic E-state index is 0.0188. The van der Waals surface area contributed by atoms with Gasteiger partial charge in [-0.15, -0.1) is 0 Å². The van der Waals surface area contributed by atoms with Gasteiger partial charge in [0.05, 0.1) is 12.6 Å². The fourth-order valence-corrected chi connectivity index (χ4v) is 2.66. The molecule has 1 saturated carbocycles. The number of rotatable bonds is 6. The van der Waals surface area contributed by atoms with Crippen molar-refractivity contribution in [3.8, 4) is 0 Å². The van der Waals surface area contributed by atoms with Crippen molar-refractivity contribution < 1.29 is 9.90 Å². The van der Waals surface area contributed by atoms with Crippen LogP contribution < -0.4 is 5.73 Å². The van der Waals surface area contributed by atoms with Gasteiger partial charge < -0.3 is 15.7 Å². The van der Waals surface area contributed by atoms with Gasteiger partial charge in [0.15, 0.2) is 0 Å². The van der Waals surface area contributed by atoms with Gasteiger partial charge in [0.2, 0.25) is 5.91 Å². The molecular weight excluding hydrogens is 228 g/mol. The largest absolute Gasteiger partial charge is 0.395 e. The molecule has 0 unspecified atom stereocenters. The van der Waals surface area contributed by atoms with Crippen molar-refractivity contribution in [1.82, 2.24) is 4.90 Å². The van der Waals surface area contributed by atoms with Crippen molar-refractivity contribution in [2.45, 2.75) is 64.5 Å². The van der Waals surface area contributed by atoms with E-state index in [1.54, 1.807) is 0 Å². The van der Waals surface area contributed by atoms with E-state index in [0.29, 0.717) is 6.54 Å². The lowest BCUT2D eigenvalue weighted by atomic mass is 9.92. The quantitative estimate of drug-likeness (QED) is 0.757. The minimum Gasteiger partial charge on any atom is -0.395 e. The number of carbonyl (C=O) groups is 1. The van der Waals surface area contributed by atoms with E-state index in [9.17, 15) is 4.79 Å². The zero-order valence-electron chi connectivity index (χ0n) is 11.8. The summed E-state index contributed by atoms with van der Waals surface area (Å²) in [6.07, 6.45) is 6.63. The normalized spacial score (nSPS) is 20.4. The monoisotopic (exact) mass is 256 g/mol. The second-order valence-corrected chi connectivity index (χ2v) is 5.46. The Morgan fingerprint density at radius 1 is 1.39 bits per heavy atom. The SMILES string of the molecule is CC[C@H](C)[C@H](N)C(=O)N(CCO)C1CCCCC1. The number of carbonyl (C=O) groups excluding carboxylic acids is 1. The van der Waals surface area contributed by atoms with E-state index in [0.717, 1.165) is 19.3 Å². The standard InChI is InChI=1S/C14H28N2O2/c1-3-11(2)13(15)14(18)16(9-10-17)12-7-5-4-6-8-12/h11-13,17H,3-10,15H2,1-2H3/t11-,13-/m0/s1. The van der Waals surface area contributed by atoms with Gasteiger partial charge in [-0.1, -0.05) is 39.5 Å². The summed E-state index contributed by atoms with van der Waals surface area (Å²) in [6, 6.07) is -0.142. The maximum absolute atomic E-state index is 12.4. The predicted octanol–water partition coefficient (Wildman–Crippen LogP) is 1.51. The highest BCUT2D eigenvalue weighted by Gasteiger charge is 2.30. The number of nitrogens with zero attached hydrogens (tertiary/aromatic N) is 1. The van der Waals surface area contributed by atoms with E-state index in [1.165, 1.54) is 19.3 Å². The van der Waals surface area contributed by atoms with Crippen LogP contribution in [0.15, 0.2) is 0 Å². The average Bonchev–Trinajstić information content (AvgIpc) is 2.43. The Labute approximate surface area is 111 Å². The van der Waals surface area contributed by atoms with Crippen LogP contribution in [-0.2, 0) is 4.79 Å². The smallest absolute Gasteiger partial charge is 0.240 e. The Hall–Kier alpha value is -0.610. The number of hydrogen-bond acceptors (Lipinski definition) is 3. The van der Waals surface area contributed by atoms with Crippen LogP contribution in [-0.4, -0.2) is 41.1 Å². The van der Waals surface area contributed by atoms with E-state index >= 15 is 0 Å². The Morgan fingerprint density at radius 2 is 2.00 bits per heavy atom. The van der Waals surface area contributed by atoms with E-state index in [2.05, 4.69) is 6.92 Å². The summed E-state index contributed by atoms with van der Waals surface area (Å²) >= 11 is 0. The van der Waals surface area contributed by atoms with Crippen molar-refractivity contribution >= 4 is 5.91 Å². The zero-order valence-corrected chi connectivity index (χ0v) is 11.8. The van der Waals surface area contributed by atoms with E-state index in [-0.39, 0.29) is 24.5 Å². The minimum atomic E-state index is -0.427. The van der Waals surface area contributed by atoms with Crippen LogP contribution in [0.5, 0.6) is 0 Å². The third-order valence-electron chi connectivity index (χ3n) is 4.18. The van der Waals surface area contributed by atoms with Gasteiger partial charge >= 0.3 is 0 Å². The molecule has 0 saturated heterocycles. The van der Waals surface area contributed by atoms with Crippen LogP contribution in [0.1, 0.15) is 52.4 Å². The molecule has 0 radical (unpaired) electrons. The van der Waals surface area contributed by atoms with Crippen molar-refractivity contribution in [3.05, 3.63) is 0 Å². The molecule has 0 heterocycles. The number of hydrogen-bond donors (Lipinski definition) is 2. The molecule has 1 amide bonds. The van der Waals surface area contributed by atoms with Crippen LogP contribution >= 0.6 is 0 Å². The molecule has 4 heteroatoms. The average molecular weight is 256 g/mol. The summed E-state index contributed by atoms with van der Waals surface area (Å²) < 4.78 is 0. The summed E-state index contributed by atoms with van der Waals surface area (Å²) in [5, 5.41) is 9.16. The fraction of sp³-hybridized carbons (Fsp3) is 0.929. The Morgan fingerprint density at radius 3 is 2.50 bits per heavy atom. The molecule has 2 atom stereocenters. The highest BCUT2D eigenvalue weighted by molar-refractivity contribution is 5.82. The molecule has 0 aromatic rings. The molecule has 0 aromatic heterocycles. The molecule has 0 aliphatic heterocycles. The maximum atomic E-state index is 12.4. The van der Waals surface area contributed by atoms with E-state index in [1.807, 2.05) is 11.8 Å². The third-order valence-corrected chi connectivity index (χ3v) is 4.18. The zero-order chi connectivity index (χ0) is 13.5. The summed E-state index contributed by atoms with van der Waals surface area (Å²) in [4.78, 5) is 14.3. The molecule has 1 aliphatic rings. The van der Waals surface area contributed by atoms with Gasteiger partial charge in [-0.05, 0) is 18.8 Å². The molecule has 106 valence electrons. The number of amides is 1. The van der Waals surface area contributed by atoms with Crippen molar-refractivity contribution in [2.24, 2.45) is 11.7 Å². The second kappa shape index (κ2) is 7.74. The summed E-state index contributed by atoms with van der Waals surface area (Å²) in [5.74, 6) is 0.215. The molecule has 3 N–H and O–H groups in total. The Kier molecular flexibility index (Phi) is 6.65. The van der Waals surface area contributed by atoms with Crippen LogP contribution in [0.4, 0.5) is 0 Å². The number of aliphatic hydroxyl groups excluding tert-OH is 1. The van der Waals surface area contributed by atoms with Gasteiger partial charge in [-0.25, -0.2) is 0 Å². The Bertz CT molecular complexity index is 252. The topological polar surface area (TPSA) is 66.6 Å². The summed E-state index contributed by atoms with van der Waals surface area (Å²) in [7, 11) is 0. The van der Waals surface area contributed by atoms with Crippen LogP contribution in [0.25, 0.3) is 0 Å². The van der Waals surface area contributed by atoms with Crippen LogP contribution in [0.2, 0.25) is 0 Å². The first-order chi connectivity index (χ1) is 8.61. The van der Waals surface area contributed by atoms with Crippen LogP contribution in [0.3, 0.4) is 0 Å². The van der Waals surface area contributed by atoms with Crippen LogP contribution in [0, 0.1) is 5.92 Å². The molecule has 1 fully saturated rings. The molecule has 1 aliphatic carbocycles. The molecular formula is C14H28N2O2. The lowest BCUT2D eigenvalue weighted by Crippen LogP contribution is -2.52. The molecule has 0 spiro atoms. The fourth-order valence-electron chi connectivity index (χ4n) is 2.66. The van der Waals surface area contributed by atoms with Crippen molar-refractivity contribution in [3.63, 3.8) is 0 Å². The van der Waals surface area contributed by atoms with E-state index in [4.69, 9.17) is 10.8 Å². The van der Waals surface area contributed by atoms with Gasteiger partial charge in [0, 0.05) is 12.6 Å². The van der Waals surface area contributed by atoms with Crippen molar-refractivity contribution in [1.29, 1.82) is 0 Å². The predicted molar refractivity (Wildman–Crippen MR) is 73.1 cm³/mol. The highest BCUT2D eigenvalue weighted by Crippen LogP contribution is 2.23. The molecule has 0 aromatic carbocycles. The number of aliphatic hydroxyl groups is 1. The third kappa shape index (κ3) is 3.95. The lowest BCUT2D eigenvalue weighted by molar-refractivity contribution is -0.137. The first-order valence-electron chi connectivity index (χ1n) is 7.28. The van der Waals surface area contributed by atoms with Crippen molar-refractivity contribution in [2.75, 3.05) is 13.2 Å². The maximum Gasteiger partial charge on any atom is 0.240 e. The summed E-state index contributed by atoms with van der Waals surface area (Å²) in [5.41, 5.74) is 6.04. The first-order valence-corrected chi connectivity index (χ1v) is 7.28.